The number of rotatable bonds is 3. The maximum Gasteiger partial charge on any atom is 0.257 e. The summed E-state index contributed by atoms with van der Waals surface area (Å²) in [5, 5.41) is 10.6. The summed E-state index contributed by atoms with van der Waals surface area (Å²) < 4.78 is 0. The largest absolute Gasteiger partial charge is 0.369 e. The van der Waals surface area contributed by atoms with Gasteiger partial charge >= 0.3 is 0 Å². The standard InChI is InChI=1S/C18H15N5O2/c1-11(23-17(24)12-4-2-3-5-13(12)18(23)25)15-16(22-9-8-21-15)14-10-19-6-7-20-14/h2-11,17,24H,1H3. The molecule has 2 unspecified atom stereocenters. The molecule has 0 saturated carbocycles. The summed E-state index contributed by atoms with van der Waals surface area (Å²) in [6, 6.07) is 6.57. The summed E-state index contributed by atoms with van der Waals surface area (Å²) >= 11 is 0. The van der Waals surface area contributed by atoms with Gasteiger partial charge in [0.1, 0.15) is 11.4 Å². The van der Waals surface area contributed by atoms with E-state index < -0.39 is 12.3 Å². The predicted octanol–water partition coefficient (Wildman–Crippen LogP) is 2.14. The molecule has 124 valence electrons. The average molecular weight is 333 g/mol. The fraction of sp³-hybridized carbons (Fsp3) is 0.167. The number of aliphatic hydroxyl groups excluding tert-OH is 1. The van der Waals surface area contributed by atoms with E-state index in [2.05, 4.69) is 19.9 Å². The number of fused-ring (bicyclic) bond motifs is 1. The minimum absolute atomic E-state index is 0.230. The molecule has 0 radical (unpaired) electrons. The Balaban J connectivity index is 1.76. The van der Waals surface area contributed by atoms with Crippen molar-refractivity contribution in [2.24, 2.45) is 0 Å². The Kier molecular flexibility index (Phi) is 3.70. The van der Waals surface area contributed by atoms with Crippen LogP contribution < -0.4 is 0 Å². The Labute approximate surface area is 144 Å². The van der Waals surface area contributed by atoms with Crippen LogP contribution in [0.5, 0.6) is 0 Å². The highest BCUT2D eigenvalue weighted by molar-refractivity contribution is 5.99. The summed E-state index contributed by atoms with van der Waals surface area (Å²) in [6.07, 6.45) is 6.85. The van der Waals surface area contributed by atoms with Crippen molar-refractivity contribution >= 4 is 5.91 Å². The second-order valence-corrected chi connectivity index (χ2v) is 5.73. The topological polar surface area (TPSA) is 92.1 Å². The van der Waals surface area contributed by atoms with Crippen molar-refractivity contribution in [3.63, 3.8) is 0 Å². The van der Waals surface area contributed by atoms with E-state index in [0.29, 0.717) is 28.2 Å². The number of hydrogen-bond acceptors (Lipinski definition) is 6. The Bertz CT molecular complexity index is 932. The first kappa shape index (κ1) is 15.3. The van der Waals surface area contributed by atoms with E-state index in [0.717, 1.165) is 0 Å². The quantitative estimate of drug-likeness (QED) is 0.789. The van der Waals surface area contributed by atoms with Crippen molar-refractivity contribution in [1.82, 2.24) is 24.8 Å². The molecular weight excluding hydrogens is 318 g/mol. The first-order valence-corrected chi connectivity index (χ1v) is 7.85. The fourth-order valence-electron chi connectivity index (χ4n) is 3.11. The zero-order valence-corrected chi connectivity index (χ0v) is 13.4. The van der Waals surface area contributed by atoms with E-state index >= 15 is 0 Å². The Morgan fingerprint density at radius 1 is 1.08 bits per heavy atom. The fourth-order valence-corrected chi connectivity index (χ4v) is 3.11. The summed E-state index contributed by atoms with van der Waals surface area (Å²) in [7, 11) is 0. The lowest BCUT2D eigenvalue weighted by atomic mass is 10.1. The van der Waals surface area contributed by atoms with Gasteiger partial charge in [0.05, 0.1) is 17.9 Å². The van der Waals surface area contributed by atoms with Gasteiger partial charge in [-0.15, -0.1) is 0 Å². The number of carbonyl (C=O) groups excluding carboxylic acids is 1. The monoisotopic (exact) mass is 333 g/mol. The first-order valence-electron chi connectivity index (χ1n) is 7.85. The van der Waals surface area contributed by atoms with E-state index in [1.807, 2.05) is 6.92 Å². The van der Waals surface area contributed by atoms with Crippen molar-refractivity contribution in [2.75, 3.05) is 0 Å². The van der Waals surface area contributed by atoms with Gasteiger partial charge in [0.2, 0.25) is 0 Å². The number of aliphatic hydroxyl groups is 1. The molecule has 1 aliphatic heterocycles. The van der Waals surface area contributed by atoms with Gasteiger partial charge in [-0.3, -0.25) is 24.7 Å². The molecule has 1 aromatic carbocycles. The molecule has 4 rings (SSSR count). The second-order valence-electron chi connectivity index (χ2n) is 5.73. The highest BCUT2D eigenvalue weighted by Gasteiger charge is 2.39. The van der Waals surface area contributed by atoms with Gasteiger partial charge in [-0.2, -0.15) is 0 Å². The molecule has 1 aliphatic rings. The highest BCUT2D eigenvalue weighted by Crippen LogP contribution is 2.39. The molecule has 0 aliphatic carbocycles. The van der Waals surface area contributed by atoms with Crippen LogP contribution in [0.1, 0.15) is 40.8 Å². The summed E-state index contributed by atoms with van der Waals surface area (Å²) in [4.78, 5) is 31.2. The van der Waals surface area contributed by atoms with Crippen LogP contribution >= 0.6 is 0 Å². The second kappa shape index (κ2) is 6.03. The molecule has 3 aromatic rings. The van der Waals surface area contributed by atoms with Crippen LogP contribution in [-0.2, 0) is 0 Å². The number of carbonyl (C=O) groups is 1. The van der Waals surface area contributed by atoms with Crippen LogP contribution in [0.15, 0.2) is 55.2 Å². The van der Waals surface area contributed by atoms with E-state index in [1.54, 1.807) is 55.2 Å². The van der Waals surface area contributed by atoms with E-state index in [1.165, 1.54) is 4.90 Å². The van der Waals surface area contributed by atoms with Gasteiger partial charge in [-0.05, 0) is 13.0 Å². The number of nitrogens with zero attached hydrogens (tertiary/aromatic N) is 5. The number of aromatic nitrogens is 4. The summed E-state index contributed by atoms with van der Waals surface area (Å²) in [6.45, 7) is 1.82. The molecule has 7 heteroatoms. The zero-order valence-electron chi connectivity index (χ0n) is 13.4. The smallest absolute Gasteiger partial charge is 0.257 e. The highest BCUT2D eigenvalue weighted by atomic mass is 16.3. The average Bonchev–Trinajstić information content (AvgIpc) is 2.93. The van der Waals surface area contributed by atoms with Crippen LogP contribution in [0.3, 0.4) is 0 Å². The SMILES string of the molecule is CC(c1nccnc1-c1cnccn1)N1C(=O)c2ccccc2C1O. The van der Waals surface area contributed by atoms with E-state index in [-0.39, 0.29) is 5.91 Å². The Morgan fingerprint density at radius 2 is 1.84 bits per heavy atom. The lowest BCUT2D eigenvalue weighted by molar-refractivity contribution is -0.00104. The lowest BCUT2D eigenvalue weighted by Gasteiger charge is -2.28. The minimum Gasteiger partial charge on any atom is -0.369 e. The molecular formula is C18H15N5O2. The number of hydrogen-bond donors (Lipinski definition) is 1. The van der Waals surface area contributed by atoms with Crippen LogP contribution in [0.25, 0.3) is 11.4 Å². The molecule has 3 heterocycles. The number of benzene rings is 1. The minimum atomic E-state index is -1.02. The van der Waals surface area contributed by atoms with Gasteiger partial charge < -0.3 is 10.0 Å². The van der Waals surface area contributed by atoms with Gasteiger partial charge in [-0.1, -0.05) is 18.2 Å². The molecule has 0 saturated heterocycles. The molecule has 0 bridgehead atoms. The molecule has 25 heavy (non-hydrogen) atoms. The van der Waals surface area contributed by atoms with Crippen LogP contribution in [-0.4, -0.2) is 35.8 Å². The maximum absolute atomic E-state index is 12.8. The summed E-state index contributed by atoms with van der Waals surface area (Å²) in [5.74, 6) is -0.230. The predicted molar refractivity (Wildman–Crippen MR) is 89.0 cm³/mol. The van der Waals surface area contributed by atoms with Gasteiger partial charge in [0.15, 0.2) is 6.23 Å². The molecule has 1 N–H and O–H groups in total. The molecule has 0 spiro atoms. The third-order valence-electron chi connectivity index (χ3n) is 4.31. The van der Waals surface area contributed by atoms with Crippen molar-refractivity contribution in [3.8, 4) is 11.4 Å². The first-order chi connectivity index (χ1) is 12.2. The van der Waals surface area contributed by atoms with Gasteiger partial charge in [0.25, 0.3) is 5.91 Å². The van der Waals surface area contributed by atoms with Crippen LogP contribution in [0.2, 0.25) is 0 Å². The molecule has 7 nitrogen and oxygen atoms in total. The van der Waals surface area contributed by atoms with E-state index in [4.69, 9.17) is 0 Å². The van der Waals surface area contributed by atoms with Crippen LogP contribution in [0, 0.1) is 0 Å². The summed E-state index contributed by atoms with van der Waals surface area (Å²) in [5.41, 5.74) is 2.77. The van der Waals surface area contributed by atoms with Gasteiger partial charge in [-0.25, -0.2) is 0 Å². The Hall–Kier alpha value is -3.19. The molecule has 2 aromatic heterocycles. The molecule has 2 atom stereocenters. The molecule has 1 amide bonds. The molecule has 0 fully saturated rings. The third-order valence-corrected chi connectivity index (χ3v) is 4.31. The third kappa shape index (κ3) is 2.45. The van der Waals surface area contributed by atoms with Crippen LogP contribution in [0.4, 0.5) is 0 Å². The Morgan fingerprint density at radius 3 is 2.60 bits per heavy atom. The van der Waals surface area contributed by atoms with Crippen molar-refractivity contribution in [1.29, 1.82) is 0 Å². The zero-order chi connectivity index (χ0) is 17.4. The van der Waals surface area contributed by atoms with Gasteiger partial charge in [0, 0.05) is 35.9 Å². The number of amides is 1. The van der Waals surface area contributed by atoms with E-state index in [9.17, 15) is 9.90 Å². The lowest BCUT2D eigenvalue weighted by Crippen LogP contribution is -2.32. The maximum atomic E-state index is 12.8. The normalized spacial score (nSPS) is 17.4. The van der Waals surface area contributed by atoms with Crippen molar-refractivity contribution in [3.05, 3.63) is 72.1 Å². The van der Waals surface area contributed by atoms with Crippen molar-refractivity contribution in [2.45, 2.75) is 19.2 Å². The van der Waals surface area contributed by atoms with Crippen molar-refractivity contribution < 1.29 is 9.90 Å².